The molecule has 0 unspecified atom stereocenters. The highest BCUT2D eigenvalue weighted by Gasteiger charge is 2.10. The Kier molecular flexibility index (Phi) is 4.29. The molecule has 0 heterocycles. The number of carbonyl (C=O) groups is 1. The number of hydrogen-bond donors (Lipinski definition) is 1. The van der Waals surface area contributed by atoms with Crippen LogP contribution >= 0.6 is 0 Å². The number of carboxylic acids is 1. The Labute approximate surface area is 99.2 Å². The number of para-hydroxylation sites is 1. The maximum Gasteiger partial charge on any atom is 0.328 e. The average molecular weight is 233 g/mol. The summed E-state index contributed by atoms with van der Waals surface area (Å²) < 4.78 is 13.7. The zero-order valence-corrected chi connectivity index (χ0v) is 9.35. The molecule has 1 N–H and O–H groups in total. The van der Waals surface area contributed by atoms with E-state index >= 15 is 0 Å². The molecule has 0 spiro atoms. The molecule has 4 heteroatoms. The van der Waals surface area contributed by atoms with Gasteiger partial charge in [0.15, 0.2) is 0 Å². The highest BCUT2D eigenvalue weighted by molar-refractivity contribution is 5.87. The number of hydrogen-bond acceptors (Lipinski definition) is 2. The van der Waals surface area contributed by atoms with Crippen LogP contribution < -0.4 is 4.90 Å². The Morgan fingerprint density at radius 3 is 2.94 bits per heavy atom. The Balaban J connectivity index is 3.17. The summed E-state index contributed by atoms with van der Waals surface area (Å²) in [6.07, 6.45) is 7.46. The van der Waals surface area contributed by atoms with Crippen LogP contribution in [0.5, 0.6) is 0 Å². The van der Waals surface area contributed by atoms with Gasteiger partial charge in [0.25, 0.3) is 0 Å². The molecule has 1 aromatic carbocycles. The molecule has 0 aliphatic carbocycles. The summed E-state index contributed by atoms with van der Waals surface area (Å²) in [6, 6.07) is 4.45. The van der Waals surface area contributed by atoms with E-state index in [9.17, 15) is 9.18 Å². The van der Waals surface area contributed by atoms with E-state index in [4.69, 9.17) is 11.5 Å². The lowest BCUT2D eigenvalue weighted by atomic mass is 10.1. The molecule has 17 heavy (non-hydrogen) atoms. The van der Waals surface area contributed by atoms with Gasteiger partial charge in [-0.15, -0.1) is 6.42 Å². The van der Waals surface area contributed by atoms with Gasteiger partial charge in [0.2, 0.25) is 0 Å². The van der Waals surface area contributed by atoms with Crippen LogP contribution in [0.3, 0.4) is 0 Å². The van der Waals surface area contributed by atoms with Gasteiger partial charge < -0.3 is 10.0 Å². The molecule has 0 aliphatic heterocycles. The predicted molar refractivity (Wildman–Crippen MR) is 65.2 cm³/mol. The number of rotatable bonds is 4. The molecule has 0 aromatic heterocycles. The molecule has 0 aliphatic rings. The second-order valence-electron chi connectivity index (χ2n) is 3.41. The van der Waals surface area contributed by atoms with Crippen molar-refractivity contribution < 1.29 is 14.3 Å². The van der Waals surface area contributed by atoms with Gasteiger partial charge in [0.05, 0.1) is 12.2 Å². The number of halogens is 1. The molecule has 0 atom stereocenters. The van der Waals surface area contributed by atoms with Crippen molar-refractivity contribution in [2.75, 3.05) is 18.5 Å². The maximum atomic E-state index is 13.7. The lowest BCUT2D eigenvalue weighted by Gasteiger charge is -2.19. The highest BCUT2D eigenvalue weighted by Crippen LogP contribution is 2.24. The van der Waals surface area contributed by atoms with Crippen molar-refractivity contribution in [1.82, 2.24) is 0 Å². The van der Waals surface area contributed by atoms with E-state index in [1.54, 1.807) is 18.0 Å². The molecule has 88 valence electrons. The fourth-order valence-corrected chi connectivity index (χ4v) is 1.45. The maximum absolute atomic E-state index is 13.7. The van der Waals surface area contributed by atoms with Crippen LogP contribution in [0.25, 0.3) is 6.08 Å². The van der Waals surface area contributed by atoms with E-state index in [2.05, 4.69) is 5.92 Å². The van der Waals surface area contributed by atoms with Gasteiger partial charge in [0, 0.05) is 18.7 Å². The van der Waals surface area contributed by atoms with Crippen molar-refractivity contribution in [2.45, 2.75) is 0 Å². The van der Waals surface area contributed by atoms with Gasteiger partial charge >= 0.3 is 5.97 Å². The number of terminal acetylenes is 1. The molecular weight excluding hydrogens is 221 g/mol. The summed E-state index contributed by atoms with van der Waals surface area (Å²) >= 11 is 0. The fourth-order valence-electron chi connectivity index (χ4n) is 1.45. The lowest BCUT2D eigenvalue weighted by molar-refractivity contribution is -0.131. The molecule has 0 bridgehead atoms. The minimum absolute atomic E-state index is 0.245. The average Bonchev–Trinajstić information content (AvgIpc) is 2.26. The van der Waals surface area contributed by atoms with Crippen LogP contribution in [0.4, 0.5) is 10.1 Å². The standard InChI is InChI=1S/C13H12FNO2/c1-3-9-15(2)13-10(7-8-12(16)17)5-4-6-11(13)14/h1,4-8H,9H2,2H3,(H,16,17)/b8-7+. The first kappa shape index (κ1) is 12.8. The normalized spacial score (nSPS) is 10.2. The van der Waals surface area contributed by atoms with Crippen molar-refractivity contribution in [2.24, 2.45) is 0 Å². The van der Waals surface area contributed by atoms with Crippen LogP contribution in [0, 0.1) is 18.2 Å². The van der Waals surface area contributed by atoms with Crippen LogP contribution in [0.1, 0.15) is 5.56 Å². The molecule has 0 amide bonds. The largest absolute Gasteiger partial charge is 0.478 e. The molecule has 0 radical (unpaired) electrons. The van der Waals surface area contributed by atoms with Gasteiger partial charge in [-0.05, 0) is 12.1 Å². The van der Waals surface area contributed by atoms with Gasteiger partial charge in [-0.2, -0.15) is 0 Å². The highest BCUT2D eigenvalue weighted by atomic mass is 19.1. The van der Waals surface area contributed by atoms with E-state index in [0.717, 1.165) is 6.08 Å². The number of carboxylic acid groups (broad SMARTS) is 1. The third kappa shape index (κ3) is 3.35. The first-order chi connectivity index (χ1) is 8.06. The van der Waals surface area contributed by atoms with Crippen LogP contribution in [-0.2, 0) is 4.79 Å². The zero-order valence-electron chi connectivity index (χ0n) is 9.35. The van der Waals surface area contributed by atoms with Crippen molar-refractivity contribution in [3.05, 3.63) is 35.7 Å². The minimum atomic E-state index is -1.08. The topological polar surface area (TPSA) is 40.5 Å². The summed E-state index contributed by atoms with van der Waals surface area (Å²) in [6.45, 7) is 0.245. The zero-order chi connectivity index (χ0) is 12.8. The summed E-state index contributed by atoms with van der Waals surface area (Å²) in [7, 11) is 1.65. The number of anilines is 1. The molecule has 0 saturated carbocycles. The van der Waals surface area contributed by atoms with Crippen molar-refractivity contribution in [3.63, 3.8) is 0 Å². The molecule has 0 saturated heterocycles. The molecule has 0 fully saturated rings. The summed E-state index contributed by atoms with van der Waals surface area (Å²) in [5.41, 5.74) is 0.771. The third-order valence-corrected chi connectivity index (χ3v) is 2.13. The first-order valence-electron chi connectivity index (χ1n) is 4.90. The second kappa shape index (κ2) is 5.71. The van der Waals surface area contributed by atoms with E-state index in [0.29, 0.717) is 11.3 Å². The Bertz CT molecular complexity index is 489. The van der Waals surface area contributed by atoms with Gasteiger partial charge in [-0.1, -0.05) is 18.1 Å². The Hall–Kier alpha value is -2.28. The SMILES string of the molecule is C#CCN(C)c1c(F)cccc1/C=C/C(=O)O. The van der Waals surface area contributed by atoms with Crippen molar-refractivity contribution >= 4 is 17.7 Å². The summed E-state index contributed by atoms with van der Waals surface area (Å²) in [5, 5.41) is 8.55. The number of aliphatic carboxylic acids is 1. The van der Waals surface area contributed by atoms with Gasteiger partial charge in [0.1, 0.15) is 5.82 Å². The second-order valence-corrected chi connectivity index (χ2v) is 3.41. The van der Waals surface area contributed by atoms with E-state index in [1.165, 1.54) is 18.2 Å². The fraction of sp³-hybridized carbons (Fsp3) is 0.154. The summed E-state index contributed by atoms with van der Waals surface area (Å²) in [4.78, 5) is 12.0. The minimum Gasteiger partial charge on any atom is -0.478 e. The Morgan fingerprint density at radius 2 is 2.35 bits per heavy atom. The molecule has 1 rings (SSSR count). The summed E-state index contributed by atoms with van der Waals surface area (Å²) in [5.74, 6) is 0.886. The Morgan fingerprint density at radius 1 is 1.65 bits per heavy atom. The number of nitrogens with zero attached hydrogens (tertiary/aromatic N) is 1. The van der Waals surface area contributed by atoms with Crippen LogP contribution in [0.2, 0.25) is 0 Å². The smallest absolute Gasteiger partial charge is 0.328 e. The van der Waals surface area contributed by atoms with Gasteiger partial charge in [-0.3, -0.25) is 0 Å². The van der Waals surface area contributed by atoms with Crippen LogP contribution in [-0.4, -0.2) is 24.7 Å². The van der Waals surface area contributed by atoms with E-state index in [-0.39, 0.29) is 6.54 Å². The predicted octanol–water partition coefficient (Wildman–Crippen LogP) is 1.99. The van der Waals surface area contributed by atoms with Crippen molar-refractivity contribution in [1.29, 1.82) is 0 Å². The van der Waals surface area contributed by atoms with Crippen molar-refractivity contribution in [3.8, 4) is 12.3 Å². The van der Waals surface area contributed by atoms with Gasteiger partial charge in [-0.25, -0.2) is 9.18 Å². The molecule has 1 aromatic rings. The molecular formula is C13H12FNO2. The molecule has 3 nitrogen and oxygen atoms in total. The lowest BCUT2D eigenvalue weighted by Crippen LogP contribution is -2.19. The van der Waals surface area contributed by atoms with E-state index < -0.39 is 11.8 Å². The quantitative estimate of drug-likeness (QED) is 0.638. The van der Waals surface area contributed by atoms with Crippen LogP contribution in [0.15, 0.2) is 24.3 Å². The third-order valence-electron chi connectivity index (χ3n) is 2.13. The monoisotopic (exact) mass is 233 g/mol. The number of benzene rings is 1. The van der Waals surface area contributed by atoms with E-state index in [1.807, 2.05) is 0 Å². The first-order valence-corrected chi connectivity index (χ1v) is 4.90.